The molecule has 1 aromatic heterocycles. The van der Waals surface area contributed by atoms with Gasteiger partial charge in [-0.1, -0.05) is 35.3 Å². The molecular weight excluding hydrogens is 564 g/mol. The summed E-state index contributed by atoms with van der Waals surface area (Å²) in [5, 5.41) is 19.7. The predicted octanol–water partition coefficient (Wildman–Crippen LogP) is 6.19. The summed E-state index contributed by atoms with van der Waals surface area (Å²) in [5.74, 6) is -2.18. The van der Waals surface area contributed by atoms with Crippen LogP contribution in [0.1, 0.15) is 15.4 Å². The molecule has 0 unspecified atom stereocenters. The molecule has 0 aliphatic rings. The standard InChI is InChI=1S/C24H14Cl2FN3O5S2/c25-17-10-18(26)22(37(33,34)30-14-7-5-13(27)6-8-14)9-15(17)24(32)35-12-20(31)16(11-28)23-29-19-3-1-2-4-21(19)36-23/h1-10,30-31H,12H2/b20-16+. The van der Waals surface area contributed by atoms with Crippen molar-refractivity contribution in [1.29, 1.82) is 5.26 Å². The number of aliphatic hydroxyl groups is 1. The fourth-order valence-corrected chi connectivity index (χ4v) is 6.01. The van der Waals surface area contributed by atoms with Crippen LogP contribution in [0.25, 0.3) is 15.8 Å². The number of aliphatic hydroxyl groups excluding tert-OH is 1. The van der Waals surface area contributed by atoms with Gasteiger partial charge in [0, 0.05) is 5.69 Å². The van der Waals surface area contributed by atoms with Crippen molar-refractivity contribution in [2.75, 3.05) is 11.3 Å². The summed E-state index contributed by atoms with van der Waals surface area (Å²) in [5.41, 5.74) is 0.168. The van der Waals surface area contributed by atoms with Crippen molar-refractivity contribution < 1.29 is 27.4 Å². The van der Waals surface area contributed by atoms with Crippen molar-refractivity contribution in [1.82, 2.24) is 4.98 Å². The monoisotopic (exact) mass is 577 g/mol. The second kappa shape index (κ2) is 10.7. The van der Waals surface area contributed by atoms with Gasteiger partial charge >= 0.3 is 5.97 Å². The molecule has 3 aromatic carbocycles. The maximum Gasteiger partial charge on any atom is 0.340 e. The van der Waals surface area contributed by atoms with E-state index in [9.17, 15) is 28.0 Å². The van der Waals surface area contributed by atoms with Crippen molar-refractivity contribution in [2.24, 2.45) is 0 Å². The van der Waals surface area contributed by atoms with Crippen molar-refractivity contribution in [3.63, 3.8) is 0 Å². The number of nitrogens with zero attached hydrogens (tertiary/aromatic N) is 2. The predicted molar refractivity (Wildman–Crippen MR) is 139 cm³/mol. The molecule has 8 nitrogen and oxygen atoms in total. The number of rotatable bonds is 7. The number of hydrogen-bond donors (Lipinski definition) is 2. The largest absolute Gasteiger partial charge is 0.507 e. The van der Waals surface area contributed by atoms with E-state index in [0.717, 1.165) is 29.0 Å². The number of sulfonamides is 1. The number of ether oxygens (including phenoxy) is 1. The summed E-state index contributed by atoms with van der Waals surface area (Å²) < 4.78 is 46.9. The Kier molecular flexibility index (Phi) is 7.65. The Bertz CT molecular complexity index is 1660. The Morgan fingerprint density at radius 2 is 1.84 bits per heavy atom. The second-order valence-corrected chi connectivity index (χ2v) is 10.9. The average molecular weight is 578 g/mol. The van der Waals surface area contributed by atoms with E-state index in [-0.39, 0.29) is 31.9 Å². The number of fused-ring (bicyclic) bond motifs is 1. The summed E-state index contributed by atoms with van der Waals surface area (Å²) in [7, 11) is -4.31. The number of aromatic nitrogens is 1. The van der Waals surface area contributed by atoms with Crippen molar-refractivity contribution in [3.8, 4) is 6.07 Å². The molecule has 0 fully saturated rings. The first kappa shape index (κ1) is 26.4. The molecule has 0 aliphatic heterocycles. The highest BCUT2D eigenvalue weighted by atomic mass is 35.5. The molecule has 0 saturated carbocycles. The van der Waals surface area contributed by atoms with Gasteiger partial charge in [-0.15, -0.1) is 11.3 Å². The molecule has 2 N–H and O–H groups in total. The third-order valence-corrected chi connectivity index (χ3v) is 8.09. The number of hydrogen-bond acceptors (Lipinski definition) is 8. The number of nitrogens with one attached hydrogen (secondary N) is 1. The van der Waals surface area contributed by atoms with Crippen LogP contribution >= 0.6 is 34.5 Å². The zero-order valence-electron chi connectivity index (χ0n) is 18.4. The first-order chi connectivity index (χ1) is 17.6. The van der Waals surface area contributed by atoms with Crippen LogP contribution in [0.5, 0.6) is 0 Å². The Morgan fingerprint density at radius 3 is 2.51 bits per heavy atom. The lowest BCUT2D eigenvalue weighted by atomic mass is 10.2. The summed E-state index contributed by atoms with van der Waals surface area (Å²) in [6, 6.07) is 15.5. The highest BCUT2D eigenvalue weighted by Gasteiger charge is 2.24. The Labute approximate surface area is 224 Å². The van der Waals surface area contributed by atoms with Crippen LogP contribution in [0, 0.1) is 17.1 Å². The van der Waals surface area contributed by atoms with Crippen LogP contribution < -0.4 is 4.72 Å². The third-order valence-electron chi connectivity index (χ3n) is 4.88. The minimum absolute atomic E-state index is 0.0606. The number of allylic oxidation sites excluding steroid dienone is 1. The van der Waals surface area contributed by atoms with Crippen molar-refractivity contribution in [2.45, 2.75) is 4.90 Å². The number of para-hydroxylation sites is 1. The molecule has 0 bridgehead atoms. The molecule has 0 saturated heterocycles. The minimum atomic E-state index is -4.31. The number of halogens is 3. The van der Waals surface area contributed by atoms with E-state index in [1.54, 1.807) is 18.2 Å². The number of thiazole rings is 1. The fourth-order valence-electron chi connectivity index (χ4n) is 3.12. The van der Waals surface area contributed by atoms with Gasteiger partial charge in [0.15, 0.2) is 5.76 Å². The van der Waals surface area contributed by atoms with E-state index in [1.165, 1.54) is 23.5 Å². The fraction of sp³-hybridized carbons (Fsp3) is 0.0417. The lowest BCUT2D eigenvalue weighted by Gasteiger charge is -2.12. The van der Waals surface area contributed by atoms with E-state index in [1.807, 2.05) is 12.1 Å². The molecule has 0 amide bonds. The smallest absolute Gasteiger partial charge is 0.340 e. The average Bonchev–Trinajstić information content (AvgIpc) is 3.28. The van der Waals surface area contributed by atoms with E-state index >= 15 is 0 Å². The lowest BCUT2D eigenvalue weighted by molar-refractivity contribution is 0.0503. The maximum absolute atomic E-state index is 13.1. The van der Waals surface area contributed by atoms with Gasteiger partial charge in [0.2, 0.25) is 0 Å². The first-order valence-electron chi connectivity index (χ1n) is 10.2. The minimum Gasteiger partial charge on any atom is -0.507 e. The van der Waals surface area contributed by atoms with Crippen molar-refractivity contribution in [3.05, 3.63) is 92.9 Å². The normalized spacial score (nSPS) is 12.1. The van der Waals surface area contributed by atoms with Gasteiger partial charge < -0.3 is 9.84 Å². The van der Waals surface area contributed by atoms with Gasteiger partial charge in [-0.05, 0) is 48.5 Å². The van der Waals surface area contributed by atoms with Gasteiger partial charge in [-0.2, -0.15) is 5.26 Å². The lowest BCUT2D eigenvalue weighted by Crippen LogP contribution is -2.16. The summed E-state index contributed by atoms with van der Waals surface area (Å²) >= 11 is 13.3. The summed E-state index contributed by atoms with van der Waals surface area (Å²) in [6.45, 7) is -0.702. The summed E-state index contributed by atoms with van der Waals surface area (Å²) in [6.07, 6.45) is 0. The molecule has 13 heteroatoms. The third kappa shape index (κ3) is 5.84. The molecule has 37 heavy (non-hydrogen) atoms. The van der Waals surface area contributed by atoms with Gasteiger partial charge in [-0.25, -0.2) is 22.6 Å². The molecule has 0 aliphatic carbocycles. The van der Waals surface area contributed by atoms with Gasteiger partial charge in [0.05, 0.1) is 25.8 Å². The van der Waals surface area contributed by atoms with Crippen LogP contribution in [-0.4, -0.2) is 31.1 Å². The Morgan fingerprint density at radius 1 is 1.14 bits per heavy atom. The van der Waals surface area contributed by atoms with Crippen LogP contribution in [-0.2, 0) is 14.8 Å². The molecule has 0 spiro atoms. The van der Waals surface area contributed by atoms with Crippen LogP contribution in [0.4, 0.5) is 10.1 Å². The van der Waals surface area contributed by atoms with Crippen molar-refractivity contribution >= 4 is 72.0 Å². The Balaban J connectivity index is 1.57. The molecular formula is C24H14Cl2FN3O5S2. The number of carbonyl (C=O) groups excluding carboxylic acids is 1. The highest BCUT2D eigenvalue weighted by Crippen LogP contribution is 2.31. The zero-order chi connectivity index (χ0) is 26.7. The first-order valence-corrected chi connectivity index (χ1v) is 13.3. The van der Waals surface area contributed by atoms with Gasteiger partial charge in [-0.3, -0.25) is 4.72 Å². The van der Waals surface area contributed by atoms with Crippen LogP contribution in [0.3, 0.4) is 0 Å². The van der Waals surface area contributed by atoms with E-state index in [2.05, 4.69) is 9.71 Å². The van der Waals surface area contributed by atoms with Crippen LogP contribution in [0.2, 0.25) is 10.0 Å². The molecule has 0 radical (unpaired) electrons. The van der Waals surface area contributed by atoms with E-state index in [4.69, 9.17) is 27.9 Å². The topological polar surface area (TPSA) is 129 Å². The van der Waals surface area contributed by atoms with Crippen LogP contribution in [0.15, 0.2) is 71.3 Å². The molecule has 188 valence electrons. The number of benzene rings is 3. The summed E-state index contributed by atoms with van der Waals surface area (Å²) in [4.78, 5) is 16.5. The maximum atomic E-state index is 13.1. The molecule has 4 rings (SSSR count). The second-order valence-electron chi connectivity index (χ2n) is 7.37. The quantitative estimate of drug-likeness (QED) is 0.152. The van der Waals surface area contributed by atoms with Gasteiger partial charge in [0.25, 0.3) is 10.0 Å². The molecule has 4 aromatic rings. The molecule has 0 atom stereocenters. The van der Waals surface area contributed by atoms with E-state index in [0.29, 0.717) is 5.52 Å². The zero-order valence-corrected chi connectivity index (χ0v) is 21.6. The van der Waals surface area contributed by atoms with Gasteiger partial charge in [0.1, 0.15) is 34.0 Å². The number of carbonyl (C=O) groups is 1. The SMILES string of the molecule is N#C/C(=C(\O)COC(=O)c1cc(S(=O)(=O)Nc2ccc(F)cc2)c(Cl)cc1Cl)c1nc2ccccc2s1. The number of anilines is 1. The Hall–Kier alpha value is -3.69. The van der Waals surface area contributed by atoms with E-state index < -0.39 is 39.1 Å². The number of esters is 1. The molecule has 1 heterocycles. The number of nitriles is 1. The highest BCUT2D eigenvalue weighted by molar-refractivity contribution is 7.92.